The predicted octanol–water partition coefficient (Wildman–Crippen LogP) is 3.00. The third kappa shape index (κ3) is 4.17. The van der Waals surface area contributed by atoms with Gasteiger partial charge in [0, 0.05) is 12.2 Å². The van der Waals surface area contributed by atoms with E-state index in [2.05, 4.69) is 9.88 Å². The first kappa shape index (κ1) is 17.7. The van der Waals surface area contributed by atoms with Crippen LogP contribution in [0.4, 0.5) is 0 Å². The van der Waals surface area contributed by atoms with E-state index < -0.39 is 6.10 Å². The number of nitrogens with one attached hydrogen (secondary N) is 1. The topological polar surface area (TPSA) is 61.4 Å². The molecule has 1 aliphatic heterocycles. The number of aryl methyl sites for hydroxylation is 2. The molecule has 1 saturated heterocycles. The molecule has 2 aliphatic rings. The van der Waals surface area contributed by atoms with Gasteiger partial charge >= 0.3 is 0 Å². The minimum atomic E-state index is -0.469. The quantitative estimate of drug-likeness (QED) is 0.801. The molecule has 0 spiro atoms. The van der Waals surface area contributed by atoms with Gasteiger partial charge in [0.15, 0.2) is 0 Å². The van der Waals surface area contributed by atoms with E-state index in [1.807, 2.05) is 30.3 Å². The lowest BCUT2D eigenvalue weighted by atomic mass is 10.0. The van der Waals surface area contributed by atoms with E-state index in [1.54, 1.807) is 0 Å². The van der Waals surface area contributed by atoms with E-state index >= 15 is 0 Å². The number of nitrogens with zero attached hydrogens (tertiary/aromatic N) is 2. The second kappa shape index (κ2) is 8.33. The lowest BCUT2D eigenvalue weighted by Crippen LogP contribution is -2.35. The molecular weight excluding hydrogens is 326 g/mol. The van der Waals surface area contributed by atoms with Crippen LogP contribution in [0.25, 0.3) is 0 Å². The molecule has 4 rings (SSSR count). The predicted molar refractivity (Wildman–Crippen MR) is 101 cm³/mol. The normalized spacial score (nSPS) is 21.7. The molecule has 140 valence electrons. The molecule has 26 heavy (non-hydrogen) atoms. The fourth-order valence-electron chi connectivity index (χ4n) is 4.20. The van der Waals surface area contributed by atoms with E-state index in [0.717, 1.165) is 43.6 Å². The van der Waals surface area contributed by atoms with Gasteiger partial charge in [-0.2, -0.15) is 0 Å². The molecule has 2 N–H and O–H groups in total. The molecule has 0 amide bonds. The van der Waals surface area contributed by atoms with Crippen molar-refractivity contribution in [3.63, 3.8) is 0 Å². The summed E-state index contributed by atoms with van der Waals surface area (Å²) < 4.78 is 5.70. The van der Waals surface area contributed by atoms with Gasteiger partial charge in [-0.05, 0) is 50.6 Å². The highest BCUT2D eigenvalue weighted by Crippen LogP contribution is 2.32. The number of hydrogen-bond donors (Lipinski definition) is 2. The summed E-state index contributed by atoms with van der Waals surface area (Å²) in [5, 5.41) is 10.4. The van der Waals surface area contributed by atoms with Crippen LogP contribution in [0.15, 0.2) is 30.3 Å². The Labute approximate surface area is 155 Å². The van der Waals surface area contributed by atoms with E-state index in [9.17, 15) is 5.11 Å². The zero-order valence-electron chi connectivity index (χ0n) is 15.4. The first-order valence-corrected chi connectivity index (χ1v) is 9.91. The number of aliphatic hydroxyl groups is 1. The average molecular weight is 355 g/mol. The molecule has 5 heteroatoms. The van der Waals surface area contributed by atoms with Gasteiger partial charge < -0.3 is 14.8 Å². The minimum Gasteiger partial charge on any atom is -0.389 e. The van der Waals surface area contributed by atoms with Crippen LogP contribution in [0.3, 0.4) is 0 Å². The van der Waals surface area contributed by atoms with Gasteiger partial charge in [0.05, 0.1) is 31.1 Å². The maximum atomic E-state index is 10.4. The van der Waals surface area contributed by atoms with E-state index in [1.165, 1.54) is 24.2 Å². The van der Waals surface area contributed by atoms with Crippen molar-refractivity contribution in [3.05, 3.63) is 53.1 Å². The van der Waals surface area contributed by atoms with Crippen molar-refractivity contribution < 1.29 is 9.84 Å². The van der Waals surface area contributed by atoms with Gasteiger partial charge in [-0.1, -0.05) is 30.3 Å². The zero-order valence-corrected chi connectivity index (χ0v) is 15.4. The van der Waals surface area contributed by atoms with Crippen molar-refractivity contribution in [2.75, 3.05) is 19.7 Å². The number of fused-ring (bicyclic) bond motifs is 1. The summed E-state index contributed by atoms with van der Waals surface area (Å²) in [6.45, 7) is 2.58. The Balaban J connectivity index is 1.30. The van der Waals surface area contributed by atoms with E-state index in [0.29, 0.717) is 25.8 Å². The Kier molecular flexibility index (Phi) is 5.68. The van der Waals surface area contributed by atoms with Crippen molar-refractivity contribution in [1.29, 1.82) is 0 Å². The van der Waals surface area contributed by atoms with Crippen LogP contribution in [0.5, 0.6) is 0 Å². The summed E-state index contributed by atoms with van der Waals surface area (Å²) in [6, 6.07) is 10.4. The highest BCUT2D eigenvalue weighted by molar-refractivity contribution is 5.19. The molecule has 2 aromatic rings. The monoisotopic (exact) mass is 355 g/mol. The molecule has 0 radical (unpaired) electrons. The largest absolute Gasteiger partial charge is 0.389 e. The van der Waals surface area contributed by atoms with E-state index in [-0.39, 0.29) is 0 Å². The summed E-state index contributed by atoms with van der Waals surface area (Å²) in [7, 11) is 0. The Morgan fingerprint density at radius 3 is 2.88 bits per heavy atom. The van der Waals surface area contributed by atoms with Crippen molar-refractivity contribution >= 4 is 0 Å². The van der Waals surface area contributed by atoms with Crippen LogP contribution in [-0.2, 0) is 24.2 Å². The fourth-order valence-corrected chi connectivity index (χ4v) is 4.20. The summed E-state index contributed by atoms with van der Waals surface area (Å²) >= 11 is 0. The molecule has 2 unspecified atom stereocenters. The highest BCUT2D eigenvalue weighted by Gasteiger charge is 2.30. The zero-order chi connectivity index (χ0) is 17.8. The second-order valence-corrected chi connectivity index (χ2v) is 7.56. The molecule has 1 aliphatic carbocycles. The number of likely N-dealkylation sites (tertiary alicyclic amines) is 1. The minimum absolute atomic E-state index is 0.310. The molecule has 1 fully saturated rings. The van der Waals surface area contributed by atoms with Gasteiger partial charge in [0.1, 0.15) is 5.82 Å². The SMILES string of the molecule is OC(COCc1ccccc1)CN1CCCC1c1nc2c([nH]1)CCCC2. The molecule has 1 aromatic carbocycles. The molecule has 2 heterocycles. The van der Waals surface area contributed by atoms with Crippen molar-refractivity contribution in [1.82, 2.24) is 14.9 Å². The van der Waals surface area contributed by atoms with E-state index in [4.69, 9.17) is 9.72 Å². The van der Waals surface area contributed by atoms with Crippen LogP contribution < -0.4 is 0 Å². The van der Waals surface area contributed by atoms with Crippen LogP contribution in [0.1, 0.15) is 54.5 Å². The number of aliphatic hydroxyl groups excluding tert-OH is 1. The number of aromatic nitrogens is 2. The number of hydrogen-bond acceptors (Lipinski definition) is 4. The fraction of sp³-hybridized carbons (Fsp3) is 0.571. The summed E-state index contributed by atoms with van der Waals surface area (Å²) in [5.41, 5.74) is 3.75. The third-order valence-electron chi connectivity index (χ3n) is 5.52. The summed E-state index contributed by atoms with van der Waals surface area (Å²) in [4.78, 5) is 10.8. The van der Waals surface area contributed by atoms with Crippen LogP contribution in [0.2, 0.25) is 0 Å². The molecule has 0 saturated carbocycles. The molecular formula is C21H29N3O2. The number of H-pyrrole nitrogens is 1. The first-order chi connectivity index (χ1) is 12.8. The Morgan fingerprint density at radius 1 is 1.19 bits per heavy atom. The maximum Gasteiger partial charge on any atom is 0.124 e. The van der Waals surface area contributed by atoms with Crippen molar-refractivity contribution in [2.24, 2.45) is 0 Å². The molecule has 0 bridgehead atoms. The first-order valence-electron chi connectivity index (χ1n) is 9.91. The lowest BCUT2D eigenvalue weighted by Gasteiger charge is -2.25. The number of rotatable bonds is 7. The standard InChI is InChI=1S/C21H29N3O2/c25-17(15-26-14-16-7-2-1-3-8-16)13-24-12-6-11-20(24)21-22-18-9-4-5-10-19(18)23-21/h1-3,7-8,17,20,25H,4-6,9-15H2,(H,22,23). The lowest BCUT2D eigenvalue weighted by molar-refractivity contribution is 0.00726. The number of β-amino-alcohol motifs (C(OH)–C–C–N with tert-alkyl or cyclic N) is 1. The van der Waals surface area contributed by atoms with Crippen molar-refractivity contribution in [3.8, 4) is 0 Å². The van der Waals surface area contributed by atoms with Gasteiger partial charge in [-0.15, -0.1) is 0 Å². The summed E-state index contributed by atoms with van der Waals surface area (Å²) in [6.07, 6.45) is 6.56. The van der Waals surface area contributed by atoms with Gasteiger partial charge in [0.25, 0.3) is 0 Å². The highest BCUT2D eigenvalue weighted by atomic mass is 16.5. The number of ether oxygens (including phenoxy) is 1. The number of imidazole rings is 1. The van der Waals surface area contributed by atoms with Gasteiger partial charge in [-0.3, -0.25) is 4.90 Å². The smallest absolute Gasteiger partial charge is 0.124 e. The maximum absolute atomic E-state index is 10.4. The van der Waals surface area contributed by atoms with Crippen LogP contribution >= 0.6 is 0 Å². The van der Waals surface area contributed by atoms with Gasteiger partial charge in [0.2, 0.25) is 0 Å². The Hall–Kier alpha value is -1.69. The molecule has 5 nitrogen and oxygen atoms in total. The molecule has 1 aromatic heterocycles. The third-order valence-corrected chi connectivity index (χ3v) is 5.52. The summed E-state index contributed by atoms with van der Waals surface area (Å²) in [5.74, 6) is 1.10. The Morgan fingerprint density at radius 2 is 2.04 bits per heavy atom. The van der Waals surface area contributed by atoms with Crippen molar-refractivity contribution in [2.45, 2.75) is 57.3 Å². The van der Waals surface area contributed by atoms with Crippen LogP contribution in [0, 0.1) is 0 Å². The molecule has 2 atom stereocenters. The van der Waals surface area contributed by atoms with Crippen LogP contribution in [-0.4, -0.2) is 45.8 Å². The second-order valence-electron chi connectivity index (χ2n) is 7.56. The van der Waals surface area contributed by atoms with Gasteiger partial charge in [-0.25, -0.2) is 4.98 Å². The average Bonchev–Trinajstić information content (AvgIpc) is 3.28. The Bertz CT molecular complexity index is 677. The number of aromatic amines is 1. The number of benzene rings is 1.